The number of aryl methyl sites for hydroxylation is 1. The summed E-state index contributed by atoms with van der Waals surface area (Å²) in [5.41, 5.74) is 3.58. The van der Waals surface area contributed by atoms with Crippen LogP contribution in [0.1, 0.15) is 39.1 Å². The minimum absolute atomic E-state index is 0.360. The van der Waals surface area contributed by atoms with Crippen LogP contribution in [0.5, 0.6) is 0 Å². The van der Waals surface area contributed by atoms with Crippen molar-refractivity contribution in [2.75, 3.05) is 10.7 Å². The number of anilines is 2. The molecule has 1 heterocycles. The summed E-state index contributed by atoms with van der Waals surface area (Å²) in [5.74, 6) is 8.36. The summed E-state index contributed by atoms with van der Waals surface area (Å²) in [7, 11) is 0. The van der Waals surface area contributed by atoms with Gasteiger partial charge in [-0.2, -0.15) is 0 Å². The van der Waals surface area contributed by atoms with Crippen LogP contribution < -0.4 is 16.6 Å². The summed E-state index contributed by atoms with van der Waals surface area (Å²) in [6, 6.07) is 0.360. The topological polar surface area (TPSA) is 75.9 Å². The number of hydrogen-bond donors (Lipinski definition) is 3. The molecule has 5 nitrogen and oxygen atoms in total. The standard InChI is InChI=1S/C12H23N5/c1-6-10-15-11(14-9(5)7(2)3)8(4)12(16-10)17-13/h7,9H,6,13H2,1-5H3,(H2,14,15,16,17). The third-order valence-electron chi connectivity index (χ3n) is 3.01. The molecule has 0 fully saturated rings. The normalized spacial score (nSPS) is 12.6. The number of hydrazine groups is 1. The number of aromatic nitrogens is 2. The molecule has 1 unspecified atom stereocenters. The molecule has 17 heavy (non-hydrogen) atoms. The van der Waals surface area contributed by atoms with Crippen molar-refractivity contribution in [3.8, 4) is 0 Å². The molecule has 4 N–H and O–H groups in total. The summed E-state index contributed by atoms with van der Waals surface area (Å²) in [6.07, 6.45) is 0.791. The van der Waals surface area contributed by atoms with Crippen molar-refractivity contribution in [1.29, 1.82) is 0 Å². The van der Waals surface area contributed by atoms with Gasteiger partial charge in [-0.3, -0.25) is 0 Å². The maximum atomic E-state index is 5.47. The van der Waals surface area contributed by atoms with Crippen LogP contribution in [0.15, 0.2) is 0 Å². The third kappa shape index (κ3) is 3.30. The number of nitrogens with one attached hydrogen (secondary N) is 2. The molecule has 0 aromatic carbocycles. The van der Waals surface area contributed by atoms with Crippen molar-refractivity contribution >= 4 is 11.6 Å². The van der Waals surface area contributed by atoms with Gasteiger partial charge in [-0.05, 0) is 19.8 Å². The second-order valence-electron chi connectivity index (χ2n) is 4.64. The van der Waals surface area contributed by atoms with E-state index in [1.807, 2.05) is 13.8 Å². The summed E-state index contributed by atoms with van der Waals surface area (Å²) < 4.78 is 0. The number of nitrogen functional groups attached to an aromatic ring is 1. The fraction of sp³-hybridized carbons (Fsp3) is 0.667. The molecule has 0 bridgehead atoms. The minimum atomic E-state index is 0.360. The summed E-state index contributed by atoms with van der Waals surface area (Å²) in [4.78, 5) is 8.84. The molecular formula is C12H23N5. The average molecular weight is 237 g/mol. The van der Waals surface area contributed by atoms with E-state index in [1.165, 1.54) is 0 Å². The van der Waals surface area contributed by atoms with Crippen LogP contribution in [-0.2, 0) is 6.42 Å². The van der Waals surface area contributed by atoms with Gasteiger partial charge >= 0.3 is 0 Å². The van der Waals surface area contributed by atoms with Crippen LogP contribution in [0.2, 0.25) is 0 Å². The Labute approximate surface area is 103 Å². The second-order valence-corrected chi connectivity index (χ2v) is 4.64. The van der Waals surface area contributed by atoms with Gasteiger partial charge in [0.1, 0.15) is 17.5 Å². The SMILES string of the molecule is CCc1nc(NN)c(C)c(NC(C)C(C)C)n1. The van der Waals surface area contributed by atoms with Gasteiger partial charge in [0.05, 0.1) is 0 Å². The van der Waals surface area contributed by atoms with E-state index < -0.39 is 0 Å². The Bertz CT molecular complexity index is 375. The number of hydrogen-bond acceptors (Lipinski definition) is 5. The lowest BCUT2D eigenvalue weighted by atomic mass is 10.1. The molecule has 0 saturated carbocycles. The van der Waals surface area contributed by atoms with Gasteiger partial charge < -0.3 is 10.7 Å². The highest BCUT2D eigenvalue weighted by molar-refractivity contribution is 5.57. The Balaban J connectivity index is 3.05. The number of nitrogens with two attached hydrogens (primary N) is 1. The first-order chi connectivity index (χ1) is 7.99. The zero-order chi connectivity index (χ0) is 13.0. The fourth-order valence-corrected chi connectivity index (χ4v) is 1.38. The van der Waals surface area contributed by atoms with Crippen molar-refractivity contribution in [2.45, 2.75) is 47.1 Å². The van der Waals surface area contributed by atoms with E-state index in [2.05, 4.69) is 41.5 Å². The maximum absolute atomic E-state index is 5.47. The largest absolute Gasteiger partial charge is 0.367 e. The molecule has 0 aliphatic rings. The molecular weight excluding hydrogens is 214 g/mol. The smallest absolute Gasteiger partial charge is 0.148 e. The molecule has 0 aliphatic carbocycles. The van der Waals surface area contributed by atoms with Crippen molar-refractivity contribution < 1.29 is 0 Å². The summed E-state index contributed by atoms with van der Waals surface area (Å²) in [6.45, 7) is 10.5. The van der Waals surface area contributed by atoms with E-state index in [0.29, 0.717) is 17.8 Å². The Hall–Kier alpha value is -1.36. The summed E-state index contributed by atoms with van der Waals surface area (Å²) >= 11 is 0. The van der Waals surface area contributed by atoms with E-state index >= 15 is 0 Å². The quantitative estimate of drug-likeness (QED) is 0.540. The van der Waals surface area contributed by atoms with Crippen LogP contribution in [-0.4, -0.2) is 16.0 Å². The highest BCUT2D eigenvalue weighted by atomic mass is 15.3. The van der Waals surface area contributed by atoms with E-state index in [1.54, 1.807) is 0 Å². The molecule has 5 heteroatoms. The lowest BCUT2D eigenvalue weighted by Crippen LogP contribution is -2.24. The third-order valence-corrected chi connectivity index (χ3v) is 3.01. The van der Waals surface area contributed by atoms with E-state index in [-0.39, 0.29) is 0 Å². The van der Waals surface area contributed by atoms with Crippen LogP contribution in [0.4, 0.5) is 11.6 Å². The average Bonchev–Trinajstić information content (AvgIpc) is 2.31. The predicted molar refractivity (Wildman–Crippen MR) is 71.9 cm³/mol. The van der Waals surface area contributed by atoms with Gasteiger partial charge in [-0.1, -0.05) is 20.8 Å². The van der Waals surface area contributed by atoms with Crippen LogP contribution >= 0.6 is 0 Å². The van der Waals surface area contributed by atoms with Crippen LogP contribution in [0, 0.1) is 12.8 Å². The molecule has 1 aromatic heterocycles. The molecule has 0 aliphatic heterocycles. The Morgan fingerprint density at radius 3 is 2.24 bits per heavy atom. The van der Waals surface area contributed by atoms with Crippen molar-refractivity contribution in [3.63, 3.8) is 0 Å². The first-order valence-corrected chi connectivity index (χ1v) is 6.10. The van der Waals surface area contributed by atoms with Gasteiger partial charge in [0.15, 0.2) is 0 Å². The molecule has 0 saturated heterocycles. The minimum Gasteiger partial charge on any atom is -0.367 e. The monoisotopic (exact) mass is 237 g/mol. The van der Waals surface area contributed by atoms with Gasteiger partial charge in [0.25, 0.3) is 0 Å². The Morgan fingerprint density at radius 1 is 1.18 bits per heavy atom. The first kappa shape index (κ1) is 13.7. The van der Waals surface area contributed by atoms with Gasteiger partial charge in [0.2, 0.25) is 0 Å². The second kappa shape index (κ2) is 5.82. The highest BCUT2D eigenvalue weighted by Crippen LogP contribution is 2.21. The summed E-state index contributed by atoms with van der Waals surface area (Å²) in [5, 5.41) is 3.41. The molecule has 0 spiro atoms. The van der Waals surface area contributed by atoms with E-state index in [4.69, 9.17) is 5.84 Å². The van der Waals surface area contributed by atoms with Crippen molar-refractivity contribution in [2.24, 2.45) is 11.8 Å². The van der Waals surface area contributed by atoms with Gasteiger partial charge in [-0.15, -0.1) is 0 Å². The zero-order valence-corrected chi connectivity index (χ0v) is 11.3. The van der Waals surface area contributed by atoms with Crippen molar-refractivity contribution in [3.05, 3.63) is 11.4 Å². The van der Waals surface area contributed by atoms with Gasteiger partial charge in [0, 0.05) is 18.0 Å². The van der Waals surface area contributed by atoms with Crippen molar-refractivity contribution in [1.82, 2.24) is 9.97 Å². The Kier molecular flexibility index (Phi) is 4.69. The van der Waals surface area contributed by atoms with Crippen LogP contribution in [0.25, 0.3) is 0 Å². The molecule has 1 atom stereocenters. The van der Waals surface area contributed by atoms with E-state index in [9.17, 15) is 0 Å². The zero-order valence-electron chi connectivity index (χ0n) is 11.3. The first-order valence-electron chi connectivity index (χ1n) is 6.10. The fourth-order valence-electron chi connectivity index (χ4n) is 1.38. The number of rotatable bonds is 5. The molecule has 96 valence electrons. The maximum Gasteiger partial charge on any atom is 0.148 e. The molecule has 0 amide bonds. The molecule has 1 aromatic rings. The Morgan fingerprint density at radius 2 is 1.76 bits per heavy atom. The number of nitrogens with zero attached hydrogens (tertiary/aromatic N) is 2. The van der Waals surface area contributed by atoms with Gasteiger partial charge in [-0.25, -0.2) is 15.8 Å². The lowest BCUT2D eigenvalue weighted by Gasteiger charge is -2.20. The highest BCUT2D eigenvalue weighted by Gasteiger charge is 2.13. The van der Waals surface area contributed by atoms with Crippen LogP contribution in [0.3, 0.4) is 0 Å². The molecule has 1 rings (SSSR count). The molecule has 0 radical (unpaired) electrons. The lowest BCUT2D eigenvalue weighted by molar-refractivity contribution is 0.557. The predicted octanol–water partition coefficient (Wildman–Crippen LogP) is 2.09. The van der Waals surface area contributed by atoms with E-state index in [0.717, 1.165) is 23.6 Å².